The lowest BCUT2D eigenvalue weighted by Gasteiger charge is -2.10. The second-order valence-corrected chi connectivity index (χ2v) is 7.00. The van der Waals surface area contributed by atoms with Gasteiger partial charge in [0.2, 0.25) is 17.8 Å². The van der Waals surface area contributed by atoms with Gasteiger partial charge in [0.1, 0.15) is 0 Å². The van der Waals surface area contributed by atoms with Crippen molar-refractivity contribution in [2.45, 2.75) is 6.92 Å². The molecule has 1 aromatic heterocycles. The van der Waals surface area contributed by atoms with Gasteiger partial charge in [0.15, 0.2) is 11.5 Å². The van der Waals surface area contributed by atoms with E-state index in [0.29, 0.717) is 30.0 Å². The van der Waals surface area contributed by atoms with Gasteiger partial charge in [0.05, 0.1) is 19.9 Å². The average molecular weight is 456 g/mol. The van der Waals surface area contributed by atoms with E-state index in [9.17, 15) is 0 Å². The molecule has 0 unspecified atom stereocenters. The Kier molecular flexibility index (Phi) is 7.47. The van der Waals surface area contributed by atoms with E-state index < -0.39 is 0 Å². The third-order valence-electron chi connectivity index (χ3n) is 4.56. The van der Waals surface area contributed by atoms with Gasteiger partial charge in [-0.3, -0.25) is 0 Å². The SMILES string of the molecule is CCOc1ccc(/C=N/Nc2nc(Nc3ccccc3)nc(Nc3ccccc3)n2)cc1OC. The van der Waals surface area contributed by atoms with Crippen LogP contribution in [0.3, 0.4) is 0 Å². The normalized spacial score (nSPS) is 10.6. The van der Waals surface area contributed by atoms with Gasteiger partial charge in [0, 0.05) is 11.4 Å². The quantitative estimate of drug-likeness (QED) is 0.221. The Labute approximate surface area is 197 Å². The topological polar surface area (TPSA) is 106 Å². The molecule has 4 rings (SSSR count). The van der Waals surface area contributed by atoms with E-state index in [2.05, 4.69) is 36.1 Å². The summed E-state index contributed by atoms with van der Waals surface area (Å²) in [5, 5.41) is 10.7. The number of methoxy groups -OCH3 is 1. The summed E-state index contributed by atoms with van der Waals surface area (Å²) in [5.74, 6) is 2.34. The summed E-state index contributed by atoms with van der Waals surface area (Å²) in [5.41, 5.74) is 5.42. The van der Waals surface area contributed by atoms with Gasteiger partial charge in [-0.25, -0.2) is 5.43 Å². The van der Waals surface area contributed by atoms with E-state index in [-0.39, 0.29) is 5.95 Å². The van der Waals surface area contributed by atoms with Gasteiger partial charge < -0.3 is 20.1 Å². The number of nitrogens with one attached hydrogen (secondary N) is 3. The van der Waals surface area contributed by atoms with Crippen molar-refractivity contribution in [1.82, 2.24) is 15.0 Å². The number of benzene rings is 3. The third-order valence-corrected chi connectivity index (χ3v) is 4.56. The van der Waals surface area contributed by atoms with Crippen LogP contribution in [0, 0.1) is 0 Å². The van der Waals surface area contributed by atoms with Gasteiger partial charge in [0.25, 0.3) is 0 Å². The maximum atomic E-state index is 5.55. The first kappa shape index (κ1) is 22.5. The summed E-state index contributed by atoms with van der Waals surface area (Å²) in [6, 6.07) is 24.9. The van der Waals surface area contributed by atoms with Gasteiger partial charge in [-0.1, -0.05) is 36.4 Å². The van der Waals surface area contributed by atoms with E-state index in [4.69, 9.17) is 9.47 Å². The lowest BCUT2D eigenvalue weighted by atomic mass is 10.2. The van der Waals surface area contributed by atoms with E-state index in [0.717, 1.165) is 16.9 Å². The molecule has 9 nitrogen and oxygen atoms in total. The number of anilines is 5. The number of rotatable bonds is 10. The number of aromatic nitrogens is 3. The molecule has 0 radical (unpaired) electrons. The molecule has 0 amide bonds. The average Bonchev–Trinajstić information content (AvgIpc) is 2.86. The highest BCUT2D eigenvalue weighted by Crippen LogP contribution is 2.27. The molecule has 3 aromatic carbocycles. The number of hydrazone groups is 1. The van der Waals surface area contributed by atoms with Crippen LogP contribution in [0.25, 0.3) is 0 Å². The van der Waals surface area contributed by atoms with Crippen LogP contribution in [0.15, 0.2) is 84.0 Å². The lowest BCUT2D eigenvalue weighted by Crippen LogP contribution is -2.07. The second-order valence-electron chi connectivity index (χ2n) is 7.00. The van der Waals surface area contributed by atoms with E-state index in [1.54, 1.807) is 13.3 Å². The third kappa shape index (κ3) is 6.19. The number of ether oxygens (including phenoxy) is 2. The zero-order valence-corrected chi connectivity index (χ0v) is 18.9. The van der Waals surface area contributed by atoms with E-state index >= 15 is 0 Å². The number of hydrogen-bond acceptors (Lipinski definition) is 9. The largest absolute Gasteiger partial charge is 0.493 e. The van der Waals surface area contributed by atoms with Crippen molar-refractivity contribution >= 4 is 35.4 Å². The fraction of sp³-hybridized carbons (Fsp3) is 0.120. The number of nitrogens with zero attached hydrogens (tertiary/aromatic N) is 4. The fourth-order valence-corrected chi connectivity index (χ4v) is 3.04. The molecule has 172 valence electrons. The highest BCUT2D eigenvalue weighted by molar-refractivity contribution is 5.81. The van der Waals surface area contributed by atoms with Crippen LogP contribution in [0.4, 0.5) is 29.2 Å². The molecule has 0 saturated heterocycles. The molecule has 0 aliphatic rings. The highest BCUT2D eigenvalue weighted by Gasteiger charge is 2.08. The zero-order chi connectivity index (χ0) is 23.6. The summed E-state index contributed by atoms with van der Waals surface area (Å²) in [6.45, 7) is 2.48. The lowest BCUT2D eigenvalue weighted by molar-refractivity contribution is 0.311. The van der Waals surface area contributed by atoms with Crippen molar-refractivity contribution in [2.24, 2.45) is 5.10 Å². The van der Waals surface area contributed by atoms with Crippen LogP contribution in [-0.4, -0.2) is 34.9 Å². The molecule has 0 aliphatic heterocycles. The Bertz CT molecular complexity index is 1170. The first-order valence-corrected chi connectivity index (χ1v) is 10.7. The van der Waals surface area contributed by atoms with Crippen molar-refractivity contribution in [1.29, 1.82) is 0 Å². The summed E-state index contributed by atoms with van der Waals surface area (Å²) in [7, 11) is 1.60. The molecule has 9 heteroatoms. The van der Waals surface area contributed by atoms with Crippen molar-refractivity contribution in [2.75, 3.05) is 29.8 Å². The van der Waals surface area contributed by atoms with Crippen LogP contribution < -0.4 is 25.5 Å². The molecule has 0 spiro atoms. The molecule has 0 atom stereocenters. The summed E-state index contributed by atoms with van der Waals surface area (Å²) < 4.78 is 10.9. The van der Waals surface area contributed by atoms with Crippen LogP contribution in [-0.2, 0) is 0 Å². The predicted molar refractivity (Wildman–Crippen MR) is 135 cm³/mol. The number of para-hydroxylation sites is 2. The molecule has 0 saturated carbocycles. The summed E-state index contributed by atoms with van der Waals surface area (Å²) in [4.78, 5) is 13.3. The van der Waals surface area contributed by atoms with Gasteiger partial charge >= 0.3 is 0 Å². The Morgan fingerprint density at radius 3 is 1.91 bits per heavy atom. The van der Waals surface area contributed by atoms with Crippen LogP contribution in [0.1, 0.15) is 12.5 Å². The monoisotopic (exact) mass is 455 g/mol. The molecule has 0 aliphatic carbocycles. The molecular formula is C25H25N7O2. The van der Waals surface area contributed by atoms with Gasteiger partial charge in [-0.05, 0) is 55.0 Å². The van der Waals surface area contributed by atoms with Crippen molar-refractivity contribution < 1.29 is 9.47 Å². The Morgan fingerprint density at radius 1 is 0.765 bits per heavy atom. The highest BCUT2D eigenvalue weighted by atomic mass is 16.5. The molecular weight excluding hydrogens is 430 g/mol. The maximum absolute atomic E-state index is 5.55. The van der Waals surface area contributed by atoms with Crippen molar-refractivity contribution in [3.63, 3.8) is 0 Å². The number of hydrogen-bond donors (Lipinski definition) is 3. The fourth-order valence-electron chi connectivity index (χ4n) is 3.04. The first-order valence-electron chi connectivity index (χ1n) is 10.7. The van der Waals surface area contributed by atoms with Crippen molar-refractivity contribution in [3.05, 3.63) is 84.4 Å². The maximum Gasteiger partial charge on any atom is 0.250 e. The minimum atomic E-state index is 0.279. The molecule has 34 heavy (non-hydrogen) atoms. The smallest absolute Gasteiger partial charge is 0.250 e. The predicted octanol–water partition coefficient (Wildman–Crippen LogP) is 5.21. The molecule has 1 heterocycles. The molecule has 4 aromatic rings. The Morgan fingerprint density at radius 2 is 1.35 bits per heavy atom. The van der Waals surface area contributed by atoms with Crippen LogP contribution in [0.5, 0.6) is 11.5 Å². The minimum absolute atomic E-state index is 0.279. The van der Waals surface area contributed by atoms with Gasteiger partial charge in [-0.15, -0.1) is 0 Å². The molecule has 0 bridgehead atoms. The summed E-state index contributed by atoms with van der Waals surface area (Å²) >= 11 is 0. The minimum Gasteiger partial charge on any atom is -0.493 e. The second kappa shape index (κ2) is 11.3. The van der Waals surface area contributed by atoms with Crippen LogP contribution >= 0.6 is 0 Å². The van der Waals surface area contributed by atoms with Crippen molar-refractivity contribution in [3.8, 4) is 11.5 Å². The van der Waals surface area contributed by atoms with Gasteiger partial charge in [-0.2, -0.15) is 20.1 Å². The molecule has 3 N–H and O–H groups in total. The Hall–Kier alpha value is -4.66. The zero-order valence-electron chi connectivity index (χ0n) is 18.9. The van der Waals surface area contributed by atoms with Crippen LogP contribution in [0.2, 0.25) is 0 Å². The van der Waals surface area contributed by atoms with E-state index in [1.807, 2.05) is 85.8 Å². The van der Waals surface area contributed by atoms with E-state index in [1.165, 1.54) is 0 Å². The Balaban J connectivity index is 1.54. The standard InChI is InChI=1S/C25H25N7O2/c1-3-34-21-15-14-18(16-22(21)33-2)17-26-32-25-30-23(27-19-10-6-4-7-11-19)29-24(31-25)28-20-12-8-5-9-13-20/h4-17H,3H2,1-2H3,(H3,27,28,29,30,31,32)/b26-17+. The summed E-state index contributed by atoms with van der Waals surface area (Å²) in [6.07, 6.45) is 1.65. The molecule has 0 fully saturated rings. The first-order chi connectivity index (χ1) is 16.7.